The molecule has 0 aliphatic heterocycles. The maximum Gasteiger partial charge on any atom is 0.0355 e. The molecule has 0 nitrogen and oxygen atoms in total. The van der Waals surface area contributed by atoms with Gasteiger partial charge in [-0.3, -0.25) is 0 Å². The molecule has 1 unspecified atom stereocenters. The summed E-state index contributed by atoms with van der Waals surface area (Å²) in [5, 5.41) is 3.97. The molecular formula is C48H47PS. The Hall–Kier alpha value is -4.03. The molecule has 10 rings (SSSR count). The van der Waals surface area contributed by atoms with E-state index in [4.69, 9.17) is 0 Å². The number of fused-ring (bicyclic) bond motifs is 11. The van der Waals surface area contributed by atoms with Crippen LogP contribution in [0.2, 0.25) is 0 Å². The largest absolute Gasteiger partial charge is 0.141 e. The van der Waals surface area contributed by atoms with Crippen molar-refractivity contribution in [3.8, 4) is 43.8 Å². The van der Waals surface area contributed by atoms with Crippen LogP contribution in [0.1, 0.15) is 88.8 Å². The van der Waals surface area contributed by atoms with Gasteiger partial charge in [0.15, 0.2) is 0 Å². The van der Waals surface area contributed by atoms with Gasteiger partial charge in [0.1, 0.15) is 0 Å². The topological polar surface area (TPSA) is 0 Å². The average molecular weight is 687 g/mol. The summed E-state index contributed by atoms with van der Waals surface area (Å²) in [4.78, 5) is 1.35. The Labute approximate surface area is 304 Å². The quantitative estimate of drug-likeness (QED) is 0.151. The SMILES string of the molecule is CC.CC1(C)c2cc(-c3cc4ccccc4s3)ccc2-c2cc3c(cc21)-c1cc2c(cc1C3(C)C)-c1cc3ccccc3cc1C2(C)C.CP. The molecule has 6 aromatic carbocycles. The van der Waals surface area contributed by atoms with Crippen LogP contribution in [0.25, 0.3) is 64.7 Å². The van der Waals surface area contributed by atoms with Gasteiger partial charge < -0.3 is 0 Å². The maximum atomic E-state index is 2.56. The lowest BCUT2D eigenvalue weighted by molar-refractivity contribution is 0.649. The van der Waals surface area contributed by atoms with E-state index in [0.29, 0.717) is 0 Å². The van der Waals surface area contributed by atoms with Crippen LogP contribution >= 0.6 is 20.6 Å². The summed E-state index contributed by atoms with van der Waals surface area (Å²) in [6.45, 7) is 20.5. The second-order valence-corrected chi connectivity index (χ2v) is 16.5. The smallest absolute Gasteiger partial charge is 0.0355 e. The number of hydrogen-bond acceptors (Lipinski definition) is 1. The van der Waals surface area contributed by atoms with Crippen molar-refractivity contribution in [2.45, 2.75) is 71.6 Å². The minimum absolute atomic E-state index is 0.0497. The highest BCUT2D eigenvalue weighted by atomic mass is 32.1. The van der Waals surface area contributed by atoms with Crippen molar-refractivity contribution in [3.63, 3.8) is 0 Å². The summed E-state index contributed by atoms with van der Waals surface area (Å²) < 4.78 is 1.35. The second kappa shape index (κ2) is 11.5. The normalized spacial score (nSPS) is 15.9. The highest BCUT2D eigenvalue weighted by Crippen LogP contribution is 2.59. The zero-order chi connectivity index (χ0) is 35.3. The van der Waals surface area contributed by atoms with E-state index in [-0.39, 0.29) is 16.2 Å². The molecule has 0 bridgehead atoms. The zero-order valence-corrected chi connectivity index (χ0v) is 32.8. The summed E-state index contributed by atoms with van der Waals surface area (Å²) in [5.41, 5.74) is 18.3. The Balaban J connectivity index is 0.000000873. The van der Waals surface area contributed by atoms with Crippen molar-refractivity contribution in [1.82, 2.24) is 0 Å². The highest BCUT2D eigenvalue weighted by molar-refractivity contribution is 7.22. The Bertz CT molecular complexity index is 2470. The first kappa shape index (κ1) is 33.1. The third-order valence-electron chi connectivity index (χ3n) is 11.8. The van der Waals surface area contributed by atoms with Crippen molar-refractivity contribution in [1.29, 1.82) is 0 Å². The fraction of sp³-hybridized carbons (Fsp3) is 0.250. The standard InChI is InChI=1S/C45H36S.C2H6.CH5P/c1-43(2)35-19-28(42-20-27-13-9-10-14-41(27)46-42)15-16-29(35)31-21-38-33(23-37(31)43)34-24-39-32(22-40(34)45(38,5)6)30-17-25-11-7-8-12-26(25)18-36(30)44(39,3)4;2*1-2/h7-24H,1-6H3;1-2H3;2H2,1H3. The third-order valence-corrected chi connectivity index (χ3v) is 13.0. The van der Waals surface area contributed by atoms with Gasteiger partial charge >= 0.3 is 0 Å². The minimum Gasteiger partial charge on any atom is -0.141 e. The van der Waals surface area contributed by atoms with E-state index >= 15 is 0 Å². The van der Waals surface area contributed by atoms with Crippen molar-refractivity contribution in [2.24, 2.45) is 0 Å². The lowest BCUT2D eigenvalue weighted by atomic mass is 9.78. The molecule has 3 aliphatic rings. The van der Waals surface area contributed by atoms with E-state index < -0.39 is 0 Å². The Kier molecular flexibility index (Phi) is 7.62. The summed E-state index contributed by atoms with van der Waals surface area (Å²) in [6, 6.07) is 42.2. The molecule has 0 N–H and O–H groups in total. The van der Waals surface area contributed by atoms with Gasteiger partial charge in [-0.25, -0.2) is 0 Å². The van der Waals surface area contributed by atoms with Gasteiger partial charge in [0.05, 0.1) is 0 Å². The molecule has 3 aliphatic carbocycles. The number of rotatable bonds is 1. The average Bonchev–Trinajstić information content (AvgIpc) is 3.80. The van der Waals surface area contributed by atoms with E-state index in [0.717, 1.165) is 0 Å². The van der Waals surface area contributed by atoms with Crippen LogP contribution < -0.4 is 0 Å². The second-order valence-electron chi connectivity index (χ2n) is 15.4. The molecule has 0 radical (unpaired) electrons. The molecule has 1 aromatic heterocycles. The van der Waals surface area contributed by atoms with Crippen LogP contribution in [0.4, 0.5) is 0 Å². The van der Waals surface area contributed by atoms with Crippen LogP contribution in [0.5, 0.6) is 0 Å². The molecule has 1 atom stereocenters. The van der Waals surface area contributed by atoms with Crippen molar-refractivity contribution in [2.75, 3.05) is 6.66 Å². The van der Waals surface area contributed by atoms with Gasteiger partial charge in [-0.15, -0.1) is 20.6 Å². The molecule has 2 heteroatoms. The van der Waals surface area contributed by atoms with Gasteiger partial charge in [-0.05, 0) is 143 Å². The predicted molar refractivity (Wildman–Crippen MR) is 224 cm³/mol. The molecule has 250 valence electrons. The molecule has 50 heavy (non-hydrogen) atoms. The highest BCUT2D eigenvalue weighted by Gasteiger charge is 2.44. The molecular weight excluding hydrogens is 640 g/mol. The van der Waals surface area contributed by atoms with Crippen molar-refractivity contribution < 1.29 is 0 Å². The van der Waals surface area contributed by atoms with E-state index in [1.807, 2.05) is 31.8 Å². The Morgan fingerprint density at radius 1 is 0.400 bits per heavy atom. The van der Waals surface area contributed by atoms with E-state index in [2.05, 4.69) is 160 Å². The lowest BCUT2D eigenvalue weighted by Crippen LogP contribution is -2.17. The fourth-order valence-corrected chi connectivity index (χ4v) is 10.2. The predicted octanol–water partition coefficient (Wildman–Crippen LogP) is 14.2. The summed E-state index contributed by atoms with van der Waals surface area (Å²) in [5.74, 6) is 0. The van der Waals surface area contributed by atoms with Gasteiger partial charge in [0.2, 0.25) is 0 Å². The van der Waals surface area contributed by atoms with Crippen LogP contribution in [-0.4, -0.2) is 6.66 Å². The van der Waals surface area contributed by atoms with E-state index in [1.54, 1.807) is 0 Å². The monoisotopic (exact) mass is 686 g/mol. The first-order valence-corrected chi connectivity index (χ1v) is 20.1. The molecule has 0 fully saturated rings. The number of thiophene rings is 1. The molecule has 0 amide bonds. The van der Waals surface area contributed by atoms with Crippen LogP contribution in [0.3, 0.4) is 0 Å². The van der Waals surface area contributed by atoms with E-state index in [9.17, 15) is 0 Å². The van der Waals surface area contributed by atoms with Crippen LogP contribution in [0.15, 0.2) is 109 Å². The van der Waals surface area contributed by atoms with Gasteiger partial charge in [-0.2, -0.15) is 0 Å². The van der Waals surface area contributed by atoms with Crippen molar-refractivity contribution >= 4 is 41.4 Å². The van der Waals surface area contributed by atoms with E-state index in [1.165, 1.54) is 98.1 Å². The third kappa shape index (κ3) is 4.46. The molecule has 7 aromatic rings. The summed E-state index contributed by atoms with van der Waals surface area (Å²) in [6.07, 6.45) is 0. The molecule has 0 saturated carbocycles. The van der Waals surface area contributed by atoms with Gasteiger partial charge in [0.25, 0.3) is 0 Å². The molecule has 0 saturated heterocycles. The zero-order valence-electron chi connectivity index (χ0n) is 30.9. The van der Waals surface area contributed by atoms with Crippen LogP contribution in [0, 0.1) is 0 Å². The fourth-order valence-electron chi connectivity index (χ4n) is 9.15. The first-order chi connectivity index (χ1) is 24.0. The number of hydrogen-bond donors (Lipinski definition) is 0. The van der Waals surface area contributed by atoms with Gasteiger partial charge in [0, 0.05) is 25.8 Å². The number of benzene rings is 6. The minimum atomic E-state index is -0.0810. The summed E-state index contributed by atoms with van der Waals surface area (Å²) in [7, 11) is 2.42. The van der Waals surface area contributed by atoms with Crippen LogP contribution in [-0.2, 0) is 16.2 Å². The molecule has 1 heterocycles. The Morgan fingerprint density at radius 3 is 1.32 bits per heavy atom. The van der Waals surface area contributed by atoms with Crippen molar-refractivity contribution in [3.05, 3.63) is 143 Å². The molecule has 0 spiro atoms. The lowest BCUT2D eigenvalue weighted by Gasteiger charge is -2.25. The summed E-state index contributed by atoms with van der Waals surface area (Å²) >= 11 is 1.89. The Morgan fingerprint density at radius 2 is 0.800 bits per heavy atom. The van der Waals surface area contributed by atoms with Gasteiger partial charge in [-0.1, -0.05) is 117 Å². The maximum absolute atomic E-state index is 2.56. The first-order valence-electron chi connectivity index (χ1n) is 18.2.